The highest BCUT2D eigenvalue weighted by molar-refractivity contribution is 5.92. The molecule has 0 aliphatic carbocycles. The normalized spacial score (nSPS) is 22.3. The van der Waals surface area contributed by atoms with Gasteiger partial charge in [-0.05, 0) is 62.4 Å². The second-order valence-electron chi connectivity index (χ2n) is 6.72. The number of anilines is 2. The van der Waals surface area contributed by atoms with Gasteiger partial charge in [-0.3, -0.25) is 9.69 Å². The maximum atomic E-state index is 12.1. The molecular formula is C18H27N3O2. The zero-order chi connectivity index (χ0) is 16.1. The van der Waals surface area contributed by atoms with E-state index < -0.39 is 0 Å². The third-order valence-corrected chi connectivity index (χ3v) is 4.87. The highest BCUT2D eigenvalue weighted by atomic mass is 16.3. The molecule has 5 heteroatoms. The number of nitrogens with zero attached hydrogens (tertiary/aromatic N) is 2. The largest absolute Gasteiger partial charge is 0.396 e. The summed E-state index contributed by atoms with van der Waals surface area (Å²) in [6.07, 6.45) is 4.85. The molecule has 2 aliphatic rings. The summed E-state index contributed by atoms with van der Waals surface area (Å²) < 4.78 is 0. The minimum Gasteiger partial charge on any atom is -0.396 e. The number of hydrogen-bond donors (Lipinski definition) is 2. The first-order chi connectivity index (χ1) is 11.2. The molecule has 0 radical (unpaired) electrons. The van der Waals surface area contributed by atoms with Gasteiger partial charge in [0.05, 0.1) is 6.54 Å². The first-order valence-corrected chi connectivity index (χ1v) is 8.72. The Labute approximate surface area is 138 Å². The third kappa shape index (κ3) is 4.45. The minimum absolute atomic E-state index is 0.0225. The molecule has 1 amide bonds. The average molecular weight is 317 g/mol. The molecule has 126 valence electrons. The van der Waals surface area contributed by atoms with E-state index in [9.17, 15) is 4.79 Å². The van der Waals surface area contributed by atoms with E-state index in [0.717, 1.165) is 38.3 Å². The molecule has 2 aliphatic heterocycles. The fourth-order valence-electron chi connectivity index (χ4n) is 3.52. The lowest BCUT2D eigenvalue weighted by molar-refractivity contribution is -0.117. The third-order valence-electron chi connectivity index (χ3n) is 4.87. The Hall–Kier alpha value is -1.59. The van der Waals surface area contributed by atoms with Gasteiger partial charge in [-0.1, -0.05) is 0 Å². The van der Waals surface area contributed by atoms with Gasteiger partial charge in [0.25, 0.3) is 0 Å². The first kappa shape index (κ1) is 16.3. The molecule has 1 aromatic rings. The van der Waals surface area contributed by atoms with Gasteiger partial charge in [0.2, 0.25) is 5.91 Å². The van der Waals surface area contributed by atoms with E-state index in [2.05, 4.69) is 27.2 Å². The summed E-state index contributed by atoms with van der Waals surface area (Å²) in [6, 6.07) is 8.17. The highest BCUT2D eigenvalue weighted by Gasteiger charge is 2.23. The van der Waals surface area contributed by atoms with E-state index in [1.165, 1.54) is 24.9 Å². The van der Waals surface area contributed by atoms with Crippen molar-refractivity contribution in [3.63, 3.8) is 0 Å². The molecule has 3 rings (SSSR count). The van der Waals surface area contributed by atoms with E-state index in [-0.39, 0.29) is 12.5 Å². The Balaban J connectivity index is 1.48. The van der Waals surface area contributed by atoms with E-state index in [4.69, 9.17) is 5.11 Å². The van der Waals surface area contributed by atoms with Crippen LogP contribution in [0.5, 0.6) is 0 Å². The van der Waals surface area contributed by atoms with Crippen LogP contribution in [0.15, 0.2) is 24.3 Å². The number of likely N-dealkylation sites (tertiary alicyclic amines) is 1. The fraction of sp³-hybridized carbons (Fsp3) is 0.611. The molecule has 2 saturated heterocycles. The van der Waals surface area contributed by atoms with Crippen LogP contribution in [0.25, 0.3) is 0 Å². The number of benzene rings is 1. The number of hydrogen-bond acceptors (Lipinski definition) is 4. The summed E-state index contributed by atoms with van der Waals surface area (Å²) in [5.41, 5.74) is 2.10. The first-order valence-electron chi connectivity index (χ1n) is 8.72. The van der Waals surface area contributed by atoms with Gasteiger partial charge >= 0.3 is 0 Å². The number of nitrogens with one attached hydrogen (secondary N) is 1. The van der Waals surface area contributed by atoms with Crippen molar-refractivity contribution in [2.24, 2.45) is 5.92 Å². The topological polar surface area (TPSA) is 55.8 Å². The van der Waals surface area contributed by atoms with Crippen LogP contribution in [0.3, 0.4) is 0 Å². The van der Waals surface area contributed by atoms with Crippen molar-refractivity contribution in [3.05, 3.63) is 24.3 Å². The highest BCUT2D eigenvalue weighted by Crippen LogP contribution is 2.22. The molecule has 0 bridgehead atoms. The number of rotatable bonds is 5. The van der Waals surface area contributed by atoms with E-state index in [0.29, 0.717) is 12.5 Å². The van der Waals surface area contributed by atoms with Crippen LogP contribution in [0.2, 0.25) is 0 Å². The van der Waals surface area contributed by atoms with E-state index >= 15 is 0 Å². The van der Waals surface area contributed by atoms with Gasteiger partial charge in [-0.25, -0.2) is 0 Å². The van der Waals surface area contributed by atoms with Crippen LogP contribution in [0.4, 0.5) is 11.4 Å². The Kier molecular flexibility index (Phi) is 5.51. The van der Waals surface area contributed by atoms with E-state index in [1.54, 1.807) is 0 Å². The number of carbonyl (C=O) groups excluding carboxylic acids is 1. The van der Waals surface area contributed by atoms with Crippen molar-refractivity contribution in [1.82, 2.24) is 4.90 Å². The molecule has 2 fully saturated rings. The molecule has 1 unspecified atom stereocenters. The van der Waals surface area contributed by atoms with Crippen LogP contribution in [-0.2, 0) is 4.79 Å². The Morgan fingerprint density at radius 3 is 2.52 bits per heavy atom. The predicted octanol–water partition coefficient (Wildman–Crippen LogP) is 1.93. The van der Waals surface area contributed by atoms with Gasteiger partial charge in [0.1, 0.15) is 0 Å². The van der Waals surface area contributed by atoms with Crippen molar-refractivity contribution in [2.75, 3.05) is 49.5 Å². The second kappa shape index (κ2) is 7.79. The zero-order valence-corrected chi connectivity index (χ0v) is 13.7. The van der Waals surface area contributed by atoms with Gasteiger partial charge < -0.3 is 15.3 Å². The van der Waals surface area contributed by atoms with Crippen LogP contribution in [0.1, 0.15) is 25.7 Å². The number of piperidine rings is 1. The summed E-state index contributed by atoms with van der Waals surface area (Å²) in [5.74, 6) is 0.348. The van der Waals surface area contributed by atoms with Crippen molar-refractivity contribution < 1.29 is 9.90 Å². The fourth-order valence-corrected chi connectivity index (χ4v) is 3.52. The summed E-state index contributed by atoms with van der Waals surface area (Å²) >= 11 is 0. The maximum Gasteiger partial charge on any atom is 0.238 e. The van der Waals surface area contributed by atoms with Gasteiger partial charge in [0.15, 0.2) is 0 Å². The molecule has 5 nitrogen and oxygen atoms in total. The maximum absolute atomic E-state index is 12.1. The lowest BCUT2D eigenvalue weighted by Gasteiger charge is -2.28. The SMILES string of the molecule is O=C(CN1CCC(CO)C1)Nc1ccc(N2CCCCC2)cc1. The number of aliphatic hydroxyl groups is 1. The zero-order valence-electron chi connectivity index (χ0n) is 13.7. The Bertz CT molecular complexity index is 512. The number of carbonyl (C=O) groups is 1. The molecule has 0 saturated carbocycles. The van der Waals surface area contributed by atoms with Gasteiger partial charge in [0, 0.05) is 37.6 Å². The van der Waals surface area contributed by atoms with Crippen LogP contribution in [-0.4, -0.2) is 55.2 Å². The predicted molar refractivity (Wildman–Crippen MR) is 92.8 cm³/mol. The number of amides is 1. The summed E-state index contributed by atoms with van der Waals surface area (Å²) in [4.78, 5) is 16.6. The Morgan fingerprint density at radius 2 is 1.87 bits per heavy atom. The van der Waals surface area contributed by atoms with Crippen molar-refractivity contribution in [2.45, 2.75) is 25.7 Å². The molecule has 1 atom stereocenters. The van der Waals surface area contributed by atoms with Crippen LogP contribution in [0, 0.1) is 5.92 Å². The number of aliphatic hydroxyl groups excluding tert-OH is 1. The molecule has 2 N–H and O–H groups in total. The minimum atomic E-state index is 0.0225. The smallest absolute Gasteiger partial charge is 0.238 e. The average Bonchev–Trinajstić information content (AvgIpc) is 3.04. The molecule has 2 heterocycles. The van der Waals surface area contributed by atoms with Crippen LogP contribution >= 0.6 is 0 Å². The summed E-state index contributed by atoms with van der Waals surface area (Å²) in [7, 11) is 0. The summed E-state index contributed by atoms with van der Waals surface area (Å²) in [5, 5.41) is 12.1. The lowest BCUT2D eigenvalue weighted by Crippen LogP contribution is -2.32. The molecule has 0 spiro atoms. The second-order valence-corrected chi connectivity index (χ2v) is 6.72. The quantitative estimate of drug-likeness (QED) is 0.871. The molecular weight excluding hydrogens is 290 g/mol. The molecule has 0 aromatic heterocycles. The van der Waals surface area contributed by atoms with E-state index in [1.807, 2.05) is 12.1 Å². The van der Waals surface area contributed by atoms with Crippen molar-refractivity contribution >= 4 is 17.3 Å². The van der Waals surface area contributed by atoms with Crippen LogP contribution < -0.4 is 10.2 Å². The van der Waals surface area contributed by atoms with Gasteiger partial charge in [-0.15, -0.1) is 0 Å². The van der Waals surface area contributed by atoms with Gasteiger partial charge in [-0.2, -0.15) is 0 Å². The van der Waals surface area contributed by atoms with Crippen molar-refractivity contribution in [1.29, 1.82) is 0 Å². The summed E-state index contributed by atoms with van der Waals surface area (Å²) in [6.45, 7) is 4.60. The van der Waals surface area contributed by atoms with Crippen molar-refractivity contribution in [3.8, 4) is 0 Å². The standard InChI is InChI=1S/C18H27N3O2/c22-14-15-8-11-20(12-15)13-18(23)19-16-4-6-17(7-5-16)21-9-2-1-3-10-21/h4-7,15,22H,1-3,8-14H2,(H,19,23). The Morgan fingerprint density at radius 1 is 1.13 bits per heavy atom. The lowest BCUT2D eigenvalue weighted by atomic mass is 10.1. The molecule has 1 aromatic carbocycles. The molecule has 23 heavy (non-hydrogen) atoms. The monoisotopic (exact) mass is 317 g/mol.